The molecule has 3 nitrogen and oxygen atoms in total. The van der Waals surface area contributed by atoms with Crippen molar-refractivity contribution in [3.63, 3.8) is 0 Å². The third-order valence-electron chi connectivity index (χ3n) is 3.39. The van der Waals surface area contributed by atoms with E-state index < -0.39 is 11.5 Å². The number of ether oxygens (including phenoxy) is 1. The van der Waals surface area contributed by atoms with E-state index in [1.54, 1.807) is 6.08 Å². The molecule has 3 atom stereocenters. The molecule has 0 bridgehead atoms. The molecule has 0 unspecified atom stereocenters. The van der Waals surface area contributed by atoms with E-state index in [0.717, 1.165) is 5.57 Å². The quantitative estimate of drug-likeness (QED) is 0.476. The molecule has 86 valence electrons. The fourth-order valence-electron chi connectivity index (χ4n) is 2.12. The van der Waals surface area contributed by atoms with Gasteiger partial charge in [0.05, 0.1) is 18.6 Å². The molecule has 1 aliphatic rings. The van der Waals surface area contributed by atoms with Gasteiger partial charge >= 0.3 is 5.97 Å². The zero-order valence-corrected chi connectivity index (χ0v) is 10.9. The normalized spacial score (nSPS) is 35.9. The third kappa shape index (κ3) is 2.11. The second-order valence-corrected chi connectivity index (χ2v) is 4.78. The van der Waals surface area contributed by atoms with Gasteiger partial charge in [-0.05, 0) is 24.8 Å². The van der Waals surface area contributed by atoms with E-state index >= 15 is 0 Å². The second kappa shape index (κ2) is 4.66. The van der Waals surface area contributed by atoms with Crippen molar-refractivity contribution in [3.05, 3.63) is 11.6 Å². The van der Waals surface area contributed by atoms with Crippen molar-refractivity contribution in [1.82, 2.24) is 0 Å². The summed E-state index contributed by atoms with van der Waals surface area (Å²) in [5, 5.41) is 10.2. The number of esters is 1. The van der Waals surface area contributed by atoms with Crippen molar-refractivity contribution in [2.24, 2.45) is 11.3 Å². The minimum Gasteiger partial charge on any atom is -0.468 e. The first-order valence-electron chi connectivity index (χ1n) is 5.00. The molecule has 0 heterocycles. The molecule has 1 rings (SSSR count). The van der Waals surface area contributed by atoms with E-state index in [1.807, 2.05) is 13.8 Å². The van der Waals surface area contributed by atoms with Crippen LogP contribution in [-0.4, -0.2) is 29.6 Å². The minimum atomic E-state index is -0.614. The maximum Gasteiger partial charge on any atom is 0.315 e. The van der Waals surface area contributed by atoms with Crippen LogP contribution in [0.3, 0.4) is 0 Å². The predicted molar refractivity (Wildman–Crippen MR) is 61.8 cm³/mol. The number of rotatable bonds is 2. The van der Waals surface area contributed by atoms with Gasteiger partial charge in [-0.15, -0.1) is 0 Å². The fourth-order valence-corrected chi connectivity index (χ4v) is 2.88. The molecule has 0 spiro atoms. The molecule has 0 aromatic carbocycles. The van der Waals surface area contributed by atoms with Gasteiger partial charge in [0, 0.05) is 5.33 Å². The highest BCUT2D eigenvalue weighted by Crippen LogP contribution is 2.43. The summed E-state index contributed by atoms with van der Waals surface area (Å²) >= 11 is 3.35. The molecule has 0 aromatic rings. The van der Waals surface area contributed by atoms with E-state index in [2.05, 4.69) is 15.9 Å². The van der Waals surface area contributed by atoms with Crippen LogP contribution in [-0.2, 0) is 9.53 Å². The Kier molecular flexibility index (Phi) is 3.95. The smallest absolute Gasteiger partial charge is 0.315 e. The topological polar surface area (TPSA) is 46.5 Å². The first-order valence-corrected chi connectivity index (χ1v) is 6.12. The van der Waals surface area contributed by atoms with Crippen molar-refractivity contribution >= 4 is 21.9 Å². The lowest BCUT2D eigenvalue weighted by Gasteiger charge is -2.39. The molecule has 0 saturated heterocycles. The van der Waals surface area contributed by atoms with E-state index in [4.69, 9.17) is 4.74 Å². The van der Waals surface area contributed by atoms with Crippen LogP contribution in [0.2, 0.25) is 0 Å². The zero-order valence-electron chi connectivity index (χ0n) is 9.29. The summed E-state index contributed by atoms with van der Waals surface area (Å²) in [5.74, 6) is -0.148. The van der Waals surface area contributed by atoms with Crippen LogP contribution in [0.5, 0.6) is 0 Å². The minimum absolute atomic E-state index is 0.0810. The maximum absolute atomic E-state index is 11.8. The summed E-state index contributed by atoms with van der Waals surface area (Å²) < 4.78 is 4.85. The number of carbonyl (C=O) groups excluding carboxylic acids is 1. The first kappa shape index (κ1) is 12.7. The fraction of sp³-hybridized carbons (Fsp3) is 0.727. The largest absolute Gasteiger partial charge is 0.468 e. The molecule has 0 aromatic heterocycles. The number of aliphatic hydroxyl groups excluding tert-OH is 1. The molecule has 0 radical (unpaired) electrons. The molecular weight excluding hydrogens is 260 g/mol. The van der Waals surface area contributed by atoms with Crippen LogP contribution in [0.4, 0.5) is 0 Å². The van der Waals surface area contributed by atoms with Gasteiger partial charge in [0.2, 0.25) is 0 Å². The van der Waals surface area contributed by atoms with Gasteiger partial charge < -0.3 is 9.84 Å². The molecule has 15 heavy (non-hydrogen) atoms. The van der Waals surface area contributed by atoms with Crippen LogP contribution < -0.4 is 0 Å². The standard InChI is InChI=1S/C11H17BrO3/c1-7-4-9(13)5-8(6-12)11(7,2)10(14)15-3/h5,7,9,13H,4,6H2,1-3H3/t7-,9+,11+/m1/s1. The zero-order chi connectivity index (χ0) is 11.6. The molecular formula is C11H17BrO3. The lowest BCUT2D eigenvalue weighted by atomic mass is 9.67. The van der Waals surface area contributed by atoms with Gasteiger partial charge in [-0.25, -0.2) is 0 Å². The van der Waals surface area contributed by atoms with Crippen LogP contribution in [0.15, 0.2) is 11.6 Å². The number of carbonyl (C=O) groups is 1. The number of aliphatic hydroxyl groups is 1. The summed E-state index contributed by atoms with van der Waals surface area (Å²) in [6.07, 6.45) is 1.90. The molecule has 0 fully saturated rings. The van der Waals surface area contributed by atoms with Crippen molar-refractivity contribution in [1.29, 1.82) is 0 Å². The molecule has 1 N–H and O–H groups in total. The Balaban J connectivity index is 3.12. The Morgan fingerprint density at radius 1 is 1.80 bits per heavy atom. The summed E-state index contributed by atoms with van der Waals surface area (Å²) in [7, 11) is 1.40. The van der Waals surface area contributed by atoms with Gasteiger partial charge in [0.25, 0.3) is 0 Å². The number of methoxy groups -OCH3 is 1. The predicted octanol–water partition coefficient (Wildman–Crippen LogP) is 1.89. The van der Waals surface area contributed by atoms with Crippen LogP contribution in [0.1, 0.15) is 20.3 Å². The number of halogens is 1. The SMILES string of the molecule is COC(=O)[C@]1(C)C(CBr)=C[C@@H](O)C[C@H]1C. The molecule has 4 heteroatoms. The summed E-state index contributed by atoms with van der Waals surface area (Å²) in [4.78, 5) is 11.8. The number of alkyl halides is 1. The average molecular weight is 277 g/mol. The Morgan fingerprint density at radius 2 is 2.40 bits per heavy atom. The Bertz CT molecular complexity index is 288. The summed E-state index contributed by atoms with van der Waals surface area (Å²) in [5.41, 5.74) is 0.290. The third-order valence-corrected chi connectivity index (χ3v) is 4.00. The van der Waals surface area contributed by atoms with Gasteiger partial charge in [0.1, 0.15) is 0 Å². The first-order chi connectivity index (χ1) is 6.96. The van der Waals surface area contributed by atoms with Crippen molar-refractivity contribution < 1.29 is 14.6 Å². The lowest BCUT2D eigenvalue weighted by Crippen LogP contribution is -2.42. The number of hydrogen-bond donors (Lipinski definition) is 1. The van der Waals surface area contributed by atoms with Gasteiger partial charge in [-0.3, -0.25) is 4.79 Å². The summed E-state index contributed by atoms with van der Waals surface area (Å²) in [6.45, 7) is 3.85. The van der Waals surface area contributed by atoms with Gasteiger partial charge in [0.15, 0.2) is 0 Å². The van der Waals surface area contributed by atoms with E-state index in [9.17, 15) is 9.90 Å². The van der Waals surface area contributed by atoms with Crippen LogP contribution >= 0.6 is 15.9 Å². The number of hydrogen-bond acceptors (Lipinski definition) is 3. The highest BCUT2D eigenvalue weighted by molar-refractivity contribution is 9.09. The van der Waals surface area contributed by atoms with Gasteiger partial charge in [-0.1, -0.05) is 28.9 Å². The molecule has 1 aliphatic carbocycles. The molecule has 0 amide bonds. The van der Waals surface area contributed by atoms with Gasteiger partial charge in [-0.2, -0.15) is 0 Å². The maximum atomic E-state index is 11.8. The molecule has 0 aliphatic heterocycles. The highest BCUT2D eigenvalue weighted by Gasteiger charge is 2.45. The Morgan fingerprint density at radius 3 is 2.87 bits per heavy atom. The van der Waals surface area contributed by atoms with Crippen LogP contribution in [0, 0.1) is 11.3 Å². The van der Waals surface area contributed by atoms with Crippen molar-refractivity contribution in [2.75, 3.05) is 12.4 Å². The molecule has 0 saturated carbocycles. The monoisotopic (exact) mass is 276 g/mol. The lowest BCUT2D eigenvalue weighted by molar-refractivity contribution is -0.153. The highest BCUT2D eigenvalue weighted by atomic mass is 79.9. The van der Waals surface area contributed by atoms with E-state index in [0.29, 0.717) is 11.8 Å². The van der Waals surface area contributed by atoms with Crippen molar-refractivity contribution in [3.8, 4) is 0 Å². The Labute approximate surface area is 98.6 Å². The van der Waals surface area contributed by atoms with Crippen LogP contribution in [0.25, 0.3) is 0 Å². The van der Waals surface area contributed by atoms with Crippen molar-refractivity contribution in [2.45, 2.75) is 26.4 Å². The second-order valence-electron chi connectivity index (χ2n) is 4.22. The Hall–Kier alpha value is -0.350. The van der Waals surface area contributed by atoms with E-state index in [1.165, 1.54) is 7.11 Å². The van der Waals surface area contributed by atoms with E-state index in [-0.39, 0.29) is 11.9 Å². The summed E-state index contributed by atoms with van der Waals surface area (Å²) in [6, 6.07) is 0. The average Bonchev–Trinajstić information content (AvgIpc) is 2.21.